The van der Waals surface area contributed by atoms with Crippen LogP contribution in [0.1, 0.15) is 51.0 Å². The molecule has 160 valence electrons. The highest BCUT2D eigenvalue weighted by Gasteiger charge is 2.32. The van der Waals surface area contributed by atoms with Crippen molar-refractivity contribution in [3.8, 4) is 5.69 Å². The number of ether oxygens (including phenoxy) is 1. The van der Waals surface area contributed by atoms with Crippen LogP contribution >= 0.6 is 0 Å². The summed E-state index contributed by atoms with van der Waals surface area (Å²) in [4.78, 5) is 15.0. The van der Waals surface area contributed by atoms with E-state index in [4.69, 9.17) is 4.74 Å². The Labute approximate surface area is 181 Å². The van der Waals surface area contributed by atoms with Gasteiger partial charge in [0.25, 0.3) is 5.91 Å². The number of hydrogen-bond donors (Lipinski definition) is 0. The van der Waals surface area contributed by atoms with Crippen LogP contribution in [0.25, 0.3) is 5.69 Å². The Balaban J connectivity index is 1.41. The van der Waals surface area contributed by atoms with Crippen molar-refractivity contribution in [2.24, 2.45) is 0 Å². The Bertz CT molecular complexity index is 1130. The Morgan fingerprint density at radius 3 is 2.77 bits per heavy atom. The van der Waals surface area contributed by atoms with Gasteiger partial charge in [-0.3, -0.25) is 4.79 Å². The minimum absolute atomic E-state index is 0.0596. The van der Waals surface area contributed by atoms with Crippen molar-refractivity contribution in [1.82, 2.24) is 14.7 Å². The fourth-order valence-corrected chi connectivity index (χ4v) is 4.68. The topological polar surface area (TPSA) is 47.4 Å². The number of halogens is 1. The predicted octanol–water partition coefficient (Wildman–Crippen LogP) is 4.35. The highest BCUT2D eigenvalue weighted by molar-refractivity contribution is 5.99. The fraction of sp³-hybridized carbons (Fsp3) is 0.360. The van der Waals surface area contributed by atoms with E-state index in [2.05, 4.69) is 18.9 Å². The second kappa shape index (κ2) is 7.93. The molecule has 31 heavy (non-hydrogen) atoms. The lowest BCUT2D eigenvalue weighted by Gasteiger charge is -2.19. The molecule has 5 rings (SSSR count). The molecule has 0 N–H and O–H groups in total. The first kappa shape index (κ1) is 19.9. The summed E-state index contributed by atoms with van der Waals surface area (Å²) in [6, 6.07) is 8.96. The third-order valence-corrected chi connectivity index (χ3v) is 6.64. The van der Waals surface area contributed by atoms with Crippen molar-refractivity contribution in [3.05, 3.63) is 81.9 Å². The van der Waals surface area contributed by atoms with Crippen LogP contribution in [0.15, 0.2) is 42.7 Å². The van der Waals surface area contributed by atoms with Gasteiger partial charge in [-0.15, -0.1) is 0 Å². The second-order valence-electron chi connectivity index (χ2n) is 8.54. The highest BCUT2D eigenvalue weighted by atomic mass is 19.1. The van der Waals surface area contributed by atoms with Crippen molar-refractivity contribution in [1.29, 1.82) is 0 Å². The van der Waals surface area contributed by atoms with Gasteiger partial charge in [-0.25, -0.2) is 9.07 Å². The number of nitrogens with zero attached hydrogens (tertiary/aromatic N) is 3. The summed E-state index contributed by atoms with van der Waals surface area (Å²) in [6.45, 7) is 6.19. The second-order valence-corrected chi connectivity index (χ2v) is 8.54. The SMILES string of the molecule is Cc1c(Cc2ccc(-n3cccn3)cc2F)cc2c(c1C)CN(CC1CCCO1)C2=O. The van der Waals surface area contributed by atoms with Gasteiger partial charge in [-0.2, -0.15) is 5.10 Å². The van der Waals surface area contributed by atoms with E-state index >= 15 is 0 Å². The molecule has 3 heterocycles. The van der Waals surface area contributed by atoms with E-state index in [1.165, 1.54) is 6.07 Å². The summed E-state index contributed by atoms with van der Waals surface area (Å²) in [5.41, 5.74) is 6.40. The third-order valence-electron chi connectivity index (χ3n) is 6.64. The van der Waals surface area contributed by atoms with E-state index < -0.39 is 0 Å². The largest absolute Gasteiger partial charge is 0.376 e. The van der Waals surface area contributed by atoms with E-state index in [1.54, 1.807) is 23.1 Å². The maximum Gasteiger partial charge on any atom is 0.254 e. The van der Waals surface area contributed by atoms with Gasteiger partial charge in [0.15, 0.2) is 0 Å². The van der Waals surface area contributed by atoms with Gasteiger partial charge in [0.05, 0.1) is 11.8 Å². The monoisotopic (exact) mass is 419 g/mol. The first-order valence-corrected chi connectivity index (χ1v) is 10.8. The number of rotatable bonds is 5. The van der Waals surface area contributed by atoms with Crippen molar-refractivity contribution in [2.45, 2.75) is 45.8 Å². The summed E-state index contributed by atoms with van der Waals surface area (Å²) in [5.74, 6) is -0.207. The summed E-state index contributed by atoms with van der Waals surface area (Å²) < 4.78 is 22.2. The molecule has 1 atom stereocenters. The molecule has 2 aromatic carbocycles. The van der Waals surface area contributed by atoms with Gasteiger partial charge in [0, 0.05) is 44.1 Å². The van der Waals surface area contributed by atoms with Crippen molar-refractivity contribution < 1.29 is 13.9 Å². The van der Waals surface area contributed by atoms with E-state index in [9.17, 15) is 9.18 Å². The summed E-state index contributed by atoms with van der Waals surface area (Å²) in [5, 5.41) is 4.16. The Hall–Kier alpha value is -2.99. The molecule has 1 aromatic heterocycles. The Kier molecular flexibility index (Phi) is 5.10. The molecular formula is C25H26FN3O2. The zero-order chi connectivity index (χ0) is 21.5. The summed E-state index contributed by atoms with van der Waals surface area (Å²) in [6.07, 6.45) is 6.12. The average molecular weight is 420 g/mol. The molecule has 1 unspecified atom stereocenters. The maximum atomic E-state index is 14.9. The first-order chi connectivity index (χ1) is 15.0. The van der Waals surface area contributed by atoms with Crippen LogP contribution in [0.4, 0.5) is 4.39 Å². The third kappa shape index (κ3) is 3.65. The molecule has 0 bridgehead atoms. The van der Waals surface area contributed by atoms with Gasteiger partial charge in [-0.1, -0.05) is 6.07 Å². The first-order valence-electron chi connectivity index (χ1n) is 10.8. The molecule has 5 nitrogen and oxygen atoms in total. The van der Waals surface area contributed by atoms with Crippen LogP contribution in [0, 0.1) is 19.7 Å². The lowest BCUT2D eigenvalue weighted by atomic mass is 9.91. The zero-order valence-corrected chi connectivity index (χ0v) is 17.9. The molecule has 2 aliphatic rings. The number of hydrogen-bond acceptors (Lipinski definition) is 3. The van der Waals surface area contributed by atoms with Crippen molar-refractivity contribution in [3.63, 3.8) is 0 Å². The predicted molar refractivity (Wildman–Crippen MR) is 116 cm³/mol. The van der Waals surface area contributed by atoms with Crippen LogP contribution < -0.4 is 0 Å². The van der Waals surface area contributed by atoms with Gasteiger partial charge >= 0.3 is 0 Å². The minimum Gasteiger partial charge on any atom is -0.376 e. The lowest BCUT2D eigenvalue weighted by molar-refractivity contribution is 0.0545. The van der Waals surface area contributed by atoms with Crippen LogP contribution in [0.5, 0.6) is 0 Å². The summed E-state index contributed by atoms with van der Waals surface area (Å²) >= 11 is 0. The molecule has 1 amide bonds. The van der Waals surface area contributed by atoms with E-state index in [1.807, 2.05) is 23.1 Å². The quantitative estimate of drug-likeness (QED) is 0.618. The number of fused-ring (bicyclic) bond motifs is 1. The molecule has 1 saturated heterocycles. The van der Waals surface area contributed by atoms with Gasteiger partial charge in [0.2, 0.25) is 0 Å². The van der Waals surface area contributed by atoms with Crippen LogP contribution in [0.2, 0.25) is 0 Å². The number of benzene rings is 2. The van der Waals surface area contributed by atoms with Gasteiger partial charge < -0.3 is 9.64 Å². The molecule has 3 aromatic rings. The van der Waals surface area contributed by atoms with Crippen molar-refractivity contribution in [2.75, 3.05) is 13.2 Å². The Morgan fingerprint density at radius 2 is 2.06 bits per heavy atom. The minimum atomic E-state index is -0.267. The molecular weight excluding hydrogens is 393 g/mol. The highest BCUT2D eigenvalue weighted by Crippen LogP contribution is 2.32. The smallest absolute Gasteiger partial charge is 0.254 e. The molecule has 1 fully saturated rings. The van der Waals surface area contributed by atoms with Crippen LogP contribution in [-0.2, 0) is 17.7 Å². The zero-order valence-electron chi connectivity index (χ0n) is 17.9. The number of amides is 1. The normalized spacial score (nSPS) is 18.1. The van der Waals surface area contributed by atoms with E-state index in [0.29, 0.717) is 30.8 Å². The molecule has 0 radical (unpaired) electrons. The standard InChI is InChI=1S/C25H26FN3O2/c1-16-17(2)23-15-28(14-21-5-3-10-31-21)25(30)22(23)12-19(16)11-18-6-7-20(13-24(18)26)29-9-4-8-27-29/h4,6-9,12-13,21H,3,5,10-11,14-15H2,1-2H3. The Morgan fingerprint density at radius 1 is 1.19 bits per heavy atom. The average Bonchev–Trinajstić information content (AvgIpc) is 3.52. The van der Waals surface area contributed by atoms with Gasteiger partial charge in [0.1, 0.15) is 5.82 Å². The van der Waals surface area contributed by atoms with Gasteiger partial charge in [-0.05, 0) is 78.8 Å². The lowest BCUT2D eigenvalue weighted by Crippen LogP contribution is -2.32. The number of carbonyl (C=O) groups is 1. The van der Waals surface area contributed by atoms with E-state index in [-0.39, 0.29) is 17.8 Å². The maximum absolute atomic E-state index is 14.9. The summed E-state index contributed by atoms with van der Waals surface area (Å²) in [7, 11) is 0. The van der Waals surface area contributed by atoms with Crippen molar-refractivity contribution >= 4 is 5.91 Å². The van der Waals surface area contributed by atoms with Crippen LogP contribution in [0.3, 0.4) is 0 Å². The number of aromatic nitrogens is 2. The molecule has 0 aliphatic carbocycles. The van der Waals surface area contributed by atoms with Crippen LogP contribution in [-0.4, -0.2) is 39.8 Å². The molecule has 2 aliphatic heterocycles. The fourth-order valence-electron chi connectivity index (χ4n) is 4.68. The molecule has 6 heteroatoms. The number of carbonyl (C=O) groups excluding carboxylic acids is 1. The molecule has 0 saturated carbocycles. The molecule has 0 spiro atoms. The van der Waals surface area contributed by atoms with E-state index in [0.717, 1.165) is 47.3 Å².